The predicted octanol–water partition coefficient (Wildman–Crippen LogP) is 9.15. The van der Waals surface area contributed by atoms with E-state index in [4.69, 9.17) is 70.8 Å². The van der Waals surface area contributed by atoms with Crippen molar-refractivity contribution in [2.45, 2.75) is 182 Å². The molecule has 2 aromatic rings. The first-order valence-electron chi connectivity index (χ1n) is 25.0. The summed E-state index contributed by atoms with van der Waals surface area (Å²) in [6.45, 7) is 39.6. The molecule has 2 aromatic heterocycles. The number of H-pyrrole nitrogens is 2. The van der Waals surface area contributed by atoms with Crippen LogP contribution in [0.2, 0.25) is 0 Å². The van der Waals surface area contributed by atoms with Gasteiger partial charge in [0.2, 0.25) is 16.0 Å². The number of aliphatic hydroxyl groups is 2. The Bertz CT molecular complexity index is 2350. The summed E-state index contributed by atoms with van der Waals surface area (Å²) in [6, 6.07) is 0.712. The zero-order valence-corrected chi connectivity index (χ0v) is 45.7. The van der Waals surface area contributed by atoms with Crippen LogP contribution in [-0.2, 0) is 27.6 Å². The van der Waals surface area contributed by atoms with Crippen LogP contribution in [0.3, 0.4) is 0 Å². The Morgan fingerprint density at radius 2 is 1.25 bits per heavy atom. The molecule has 22 heteroatoms. The van der Waals surface area contributed by atoms with Crippen molar-refractivity contribution in [3.63, 3.8) is 0 Å². The van der Waals surface area contributed by atoms with Gasteiger partial charge in [0.1, 0.15) is 36.9 Å². The van der Waals surface area contributed by atoms with Crippen molar-refractivity contribution in [3.05, 3.63) is 76.6 Å². The summed E-state index contributed by atoms with van der Waals surface area (Å²) in [5, 5.41) is 7.00. The smallest absolute Gasteiger partial charge is 0.260 e. The molecule has 0 aromatic carbocycles. The minimum Gasteiger partial charge on any atom is -0.400 e. The lowest BCUT2D eigenvalue weighted by Gasteiger charge is -2.40. The average Bonchev–Trinajstić information content (AvgIpc) is 3.97. The van der Waals surface area contributed by atoms with Crippen LogP contribution in [0.4, 0.5) is 0 Å². The average molecular weight is 1040 g/mol. The Morgan fingerprint density at radius 3 is 1.68 bits per heavy atom. The summed E-state index contributed by atoms with van der Waals surface area (Å²) in [5.41, 5.74) is -0.762. The van der Waals surface area contributed by atoms with Gasteiger partial charge in [0, 0.05) is 77.5 Å². The first-order valence-corrected chi connectivity index (χ1v) is 26.2. The van der Waals surface area contributed by atoms with E-state index in [0.717, 1.165) is 0 Å². The standard InChI is InChI=1S/C23H37N4O4PS.C21H33N4O4PS.2CH4O/c1-14(2)27(15(3)4)32(29-10-9-24-8)31-23-11-16(5)18(7)20(23)30-19(12-23)26-13-17(6)21(28)25-22(26)33;1-14(2)25(15(3)4)30(27-11-10-22-6)29-21-9-7-8-17(21)28-18(12-21)24-13-16(5)19(26)23-20(24)31;2*1-2/h13-16,18-20H,9-12H2,1-7H3,(H,25,28,33);13-15,17-18H,7-12H2,1-5H3,(H,23,26,31);2*2H,1H3/t16-,18-,19+,20+,23-,32?;17-,18-,21+,30?;;/m01../s1/i18D;8D;2*2T/tm;8-,17+,18+,21-,30?;;/m00... The number of hydrogen-bond acceptors (Lipinski definition) is 14. The van der Waals surface area contributed by atoms with E-state index in [1.165, 1.54) is 14.2 Å². The van der Waals surface area contributed by atoms with Gasteiger partial charge in [-0.3, -0.25) is 28.7 Å². The third-order valence-electron chi connectivity index (χ3n) is 12.2. The monoisotopic (exact) mass is 1030 g/mol. The summed E-state index contributed by atoms with van der Waals surface area (Å²) < 4.78 is 76.5. The predicted molar refractivity (Wildman–Crippen MR) is 272 cm³/mol. The second kappa shape index (κ2) is 27.5. The Morgan fingerprint density at radius 1 is 0.838 bits per heavy atom. The SMILES string of the molecule is [2H][C@H]1CC[C@]2(OP(OCC[N+]#[C-])N(C(C)C)C(C)C)C[C@H](n3cc(C)c(=O)[nH]c3=S)O[C@H]12.[2H][C@]1(C)[C@@H](C)C[C@]2(OP(OCC[N+]#[C-])N(C(C)C)C(C)C)C[C@H](n3cc(C)c(=O)[nH]c3=S)O[C@@H]21.[3H]OC.[3H]OC. The van der Waals surface area contributed by atoms with Crippen LogP contribution in [0.5, 0.6) is 0 Å². The first-order chi connectivity index (χ1) is 33.8. The molecule has 4 heterocycles. The van der Waals surface area contributed by atoms with Gasteiger partial charge in [0.05, 0.1) is 12.2 Å². The second-order valence-corrected chi connectivity index (χ2v) is 21.9. The van der Waals surface area contributed by atoms with Crippen molar-refractivity contribution in [1.82, 2.24) is 28.4 Å². The maximum atomic E-state index is 12.0. The third-order valence-corrected chi connectivity index (χ3v) is 17.2. The highest BCUT2D eigenvalue weighted by atomic mass is 32.1. The van der Waals surface area contributed by atoms with Gasteiger partial charge in [-0.25, -0.2) is 22.5 Å². The lowest BCUT2D eigenvalue weighted by Crippen LogP contribution is -2.41. The van der Waals surface area contributed by atoms with E-state index < -0.39 is 65.2 Å². The number of aromatic amines is 2. The molecule has 18 nitrogen and oxygen atoms in total. The van der Waals surface area contributed by atoms with Crippen molar-refractivity contribution >= 4 is 41.5 Å². The van der Waals surface area contributed by atoms with Gasteiger partial charge in [-0.1, -0.05) is 13.8 Å². The molecule has 0 spiro atoms. The molecule has 2 saturated heterocycles. The van der Waals surface area contributed by atoms with E-state index in [2.05, 4.69) is 102 Å². The van der Waals surface area contributed by atoms with Crippen LogP contribution < -0.4 is 11.1 Å². The van der Waals surface area contributed by atoms with Crippen LogP contribution in [0.25, 0.3) is 9.69 Å². The molecule has 2 aliphatic carbocycles. The van der Waals surface area contributed by atoms with Crippen molar-refractivity contribution in [2.75, 3.05) is 40.5 Å². The summed E-state index contributed by atoms with van der Waals surface area (Å²) in [7, 11) is -0.376. The Kier molecular flexibility index (Phi) is 21.6. The molecule has 2 aliphatic heterocycles. The second-order valence-electron chi connectivity index (χ2n) is 18.3. The minimum atomic E-state index is -1.50. The Hall–Kier alpha value is -2.36. The number of nitrogens with zero attached hydrogens (tertiary/aromatic N) is 6. The van der Waals surface area contributed by atoms with Crippen molar-refractivity contribution in [2.24, 2.45) is 11.8 Å². The van der Waals surface area contributed by atoms with Crippen LogP contribution in [-0.4, -0.2) is 130 Å². The van der Waals surface area contributed by atoms with Gasteiger partial charge in [-0.2, -0.15) is 0 Å². The molecule has 11 atom stereocenters. The molecule has 0 amide bonds. The molecule has 68 heavy (non-hydrogen) atoms. The normalized spacial score (nSPS) is 29.9. The number of nitrogens with one attached hydrogen (secondary N) is 2. The molecular formula is C46H78N8O10P2S2. The number of aryl methyl sites for hydroxylation is 2. The van der Waals surface area contributed by atoms with Gasteiger partial charge in [0.25, 0.3) is 28.2 Å². The van der Waals surface area contributed by atoms with Gasteiger partial charge in [-0.05, 0) is 131 Å². The minimum absolute atomic E-state index is 0.0513. The highest BCUT2D eigenvalue weighted by molar-refractivity contribution is 7.71. The van der Waals surface area contributed by atoms with E-state index in [9.17, 15) is 9.59 Å². The summed E-state index contributed by atoms with van der Waals surface area (Å²) >= 11 is 10.8. The zero-order chi connectivity index (χ0) is 54.5. The number of fused-ring (bicyclic) bond motifs is 2. The fraction of sp³-hybridized carbons (Fsp3) is 0.783. The van der Waals surface area contributed by atoms with E-state index in [1.54, 1.807) is 35.4 Å². The molecule has 384 valence electrons. The topological polar surface area (TPSA) is 187 Å². The van der Waals surface area contributed by atoms with Gasteiger partial charge in [0.15, 0.2) is 9.54 Å². The van der Waals surface area contributed by atoms with E-state index in [1.807, 2.05) is 6.92 Å². The molecule has 4 N–H and O–H groups in total. The lowest BCUT2D eigenvalue weighted by atomic mass is 9.96. The quantitative estimate of drug-likeness (QED) is 0.0479. The highest BCUT2D eigenvalue weighted by Gasteiger charge is 2.61. The van der Waals surface area contributed by atoms with Crippen molar-refractivity contribution in [3.8, 4) is 0 Å². The number of aliphatic hydroxyl groups excluding tert-OH is 2. The Balaban J connectivity index is 0.000000343. The summed E-state index contributed by atoms with van der Waals surface area (Å²) in [6.07, 6.45) is 4.24. The molecule has 4 aliphatic rings. The van der Waals surface area contributed by atoms with Crippen LogP contribution in [0.1, 0.15) is 134 Å². The number of ether oxygens (including phenoxy) is 2. The van der Waals surface area contributed by atoms with Crippen molar-refractivity contribution in [1.29, 1.82) is 2.86 Å². The number of aromatic nitrogens is 4. The number of rotatable bonds is 18. The fourth-order valence-corrected chi connectivity index (χ4v) is 13.4. The van der Waals surface area contributed by atoms with E-state index in [0.29, 0.717) is 54.6 Å². The first kappa shape index (κ1) is 53.4. The van der Waals surface area contributed by atoms with Gasteiger partial charge in [-0.15, -0.1) is 0 Å². The molecule has 2 unspecified atom stereocenters. The lowest BCUT2D eigenvalue weighted by molar-refractivity contribution is -0.0540. The maximum Gasteiger partial charge on any atom is 0.260 e. The molecule has 6 rings (SSSR count). The zero-order valence-electron chi connectivity index (χ0n) is 46.3. The van der Waals surface area contributed by atoms with Crippen LogP contribution in [0, 0.1) is 48.3 Å². The Labute approximate surface area is 422 Å². The fourth-order valence-electron chi connectivity index (χ4n) is 9.18. The van der Waals surface area contributed by atoms with E-state index >= 15 is 0 Å². The number of hydrogen-bond donors (Lipinski definition) is 4. The molecular weight excluding hydrogens is 951 g/mol. The van der Waals surface area contributed by atoms with Crippen LogP contribution in [0.15, 0.2) is 22.0 Å². The summed E-state index contributed by atoms with van der Waals surface area (Å²) in [5.74, 6) is -0.818. The maximum absolute atomic E-state index is 12.0. The largest absolute Gasteiger partial charge is 0.400 e. The molecule has 0 radical (unpaired) electrons. The highest BCUT2D eigenvalue weighted by Crippen LogP contribution is 2.61. The molecule has 0 bridgehead atoms. The van der Waals surface area contributed by atoms with Crippen LogP contribution >= 0.6 is 41.5 Å². The summed E-state index contributed by atoms with van der Waals surface area (Å²) in [4.78, 5) is 36.2. The van der Waals surface area contributed by atoms with Gasteiger partial charge < -0.3 is 47.5 Å². The van der Waals surface area contributed by atoms with Crippen molar-refractivity contribution < 1.29 is 40.5 Å². The third kappa shape index (κ3) is 14.4. The molecule has 2 saturated carbocycles. The van der Waals surface area contributed by atoms with Gasteiger partial charge >= 0.3 is 0 Å². The molecule has 4 fully saturated rings. The van der Waals surface area contributed by atoms with E-state index in [-0.39, 0.29) is 65.7 Å².